The lowest BCUT2D eigenvalue weighted by Gasteiger charge is -2.07. The first-order valence-electron chi connectivity index (χ1n) is 8.33. The third-order valence-corrected chi connectivity index (χ3v) is 3.91. The molecule has 0 radical (unpaired) electrons. The minimum absolute atomic E-state index is 0.274. The lowest BCUT2D eigenvalue weighted by Crippen LogP contribution is -2.07. The van der Waals surface area contributed by atoms with E-state index in [1.165, 1.54) is 6.08 Å². The van der Waals surface area contributed by atoms with Gasteiger partial charge in [0.1, 0.15) is 18.2 Å². The van der Waals surface area contributed by atoms with E-state index in [1.807, 2.05) is 23.9 Å². The molecule has 3 rings (SSSR count). The number of nitriles is 1. The average Bonchev–Trinajstić information content (AvgIpc) is 3.11. The highest BCUT2D eigenvalue weighted by atomic mass is 16.5. The lowest BCUT2D eigenvalue weighted by atomic mass is 10.1. The fourth-order valence-corrected chi connectivity index (χ4v) is 2.41. The van der Waals surface area contributed by atoms with Crippen LogP contribution in [0.2, 0.25) is 0 Å². The maximum Gasteiger partial charge on any atom is 0.248 e. The van der Waals surface area contributed by atoms with Gasteiger partial charge in [-0.3, -0.25) is 4.79 Å². The number of amides is 1. The number of hydrogen-bond donors (Lipinski definition) is 1. The number of hydrogen-bond acceptors (Lipinski definition) is 4. The van der Waals surface area contributed by atoms with Crippen molar-refractivity contribution < 1.29 is 9.53 Å². The molecule has 0 bridgehead atoms. The Hall–Kier alpha value is -3.85. The summed E-state index contributed by atoms with van der Waals surface area (Å²) in [6.45, 7) is 0.371. The van der Waals surface area contributed by atoms with Crippen LogP contribution in [-0.2, 0) is 18.4 Å². The van der Waals surface area contributed by atoms with Crippen molar-refractivity contribution in [2.45, 2.75) is 6.61 Å². The number of benzene rings is 2. The molecule has 2 aromatic carbocycles. The SMILES string of the molecule is Cn1ccnc1COc1ccc(NC(=O)/C=C/c2ccccc2C#N)cc1. The smallest absolute Gasteiger partial charge is 0.248 e. The molecule has 6 heteroatoms. The molecular formula is C21H18N4O2. The number of carbonyl (C=O) groups is 1. The molecule has 0 saturated carbocycles. The van der Waals surface area contributed by atoms with Crippen molar-refractivity contribution in [2.24, 2.45) is 7.05 Å². The topological polar surface area (TPSA) is 79.9 Å². The number of imidazole rings is 1. The van der Waals surface area contributed by atoms with Gasteiger partial charge in [-0.05, 0) is 42.0 Å². The summed E-state index contributed by atoms with van der Waals surface area (Å²) in [7, 11) is 1.91. The van der Waals surface area contributed by atoms with Crippen molar-refractivity contribution in [2.75, 3.05) is 5.32 Å². The highest BCUT2D eigenvalue weighted by molar-refractivity contribution is 6.02. The summed E-state index contributed by atoms with van der Waals surface area (Å²) in [6.07, 6.45) is 6.61. The number of carbonyl (C=O) groups excluding carboxylic acids is 1. The predicted molar refractivity (Wildman–Crippen MR) is 103 cm³/mol. The molecule has 27 heavy (non-hydrogen) atoms. The molecule has 1 aromatic heterocycles. The predicted octanol–water partition coefficient (Wildman–Crippen LogP) is 3.52. The summed E-state index contributed by atoms with van der Waals surface area (Å²) in [5.41, 5.74) is 1.88. The largest absolute Gasteiger partial charge is 0.486 e. The molecule has 134 valence electrons. The van der Waals surface area contributed by atoms with E-state index < -0.39 is 0 Å². The van der Waals surface area contributed by atoms with Crippen LogP contribution in [0.25, 0.3) is 6.08 Å². The Labute approximate surface area is 157 Å². The van der Waals surface area contributed by atoms with Crippen molar-refractivity contribution in [1.82, 2.24) is 9.55 Å². The van der Waals surface area contributed by atoms with Gasteiger partial charge in [-0.15, -0.1) is 0 Å². The van der Waals surface area contributed by atoms with Crippen molar-refractivity contribution in [3.8, 4) is 11.8 Å². The van der Waals surface area contributed by atoms with Gasteiger partial charge < -0.3 is 14.6 Å². The molecule has 0 aliphatic carbocycles. The molecule has 0 aliphatic rings. The summed E-state index contributed by atoms with van der Waals surface area (Å²) in [5.74, 6) is 1.24. The third-order valence-electron chi connectivity index (χ3n) is 3.91. The number of aryl methyl sites for hydroxylation is 1. The van der Waals surface area contributed by atoms with Crippen LogP contribution in [0.5, 0.6) is 5.75 Å². The molecule has 1 amide bonds. The zero-order valence-corrected chi connectivity index (χ0v) is 14.8. The molecule has 0 fully saturated rings. The molecule has 6 nitrogen and oxygen atoms in total. The van der Waals surface area contributed by atoms with Crippen LogP contribution in [0.1, 0.15) is 17.0 Å². The molecule has 0 saturated heterocycles. The Morgan fingerprint density at radius 3 is 2.74 bits per heavy atom. The first-order valence-corrected chi connectivity index (χ1v) is 8.33. The van der Waals surface area contributed by atoms with Crippen molar-refractivity contribution in [1.29, 1.82) is 5.26 Å². The molecule has 3 aromatic rings. The summed E-state index contributed by atoms with van der Waals surface area (Å²) in [4.78, 5) is 16.3. The van der Waals surface area contributed by atoms with E-state index in [1.54, 1.807) is 54.7 Å². The van der Waals surface area contributed by atoms with Gasteiger partial charge in [-0.1, -0.05) is 18.2 Å². The fraction of sp³-hybridized carbons (Fsp3) is 0.0952. The minimum Gasteiger partial charge on any atom is -0.486 e. The van der Waals surface area contributed by atoms with E-state index in [0.29, 0.717) is 29.2 Å². The number of nitrogens with one attached hydrogen (secondary N) is 1. The number of rotatable bonds is 6. The highest BCUT2D eigenvalue weighted by Gasteiger charge is 2.03. The summed E-state index contributed by atoms with van der Waals surface area (Å²) in [5, 5.41) is 11.8. The van der Waals surface area contributed by atoms with E-state index in [-0.39, 0.29) is 5.91 Å². The van der Waals surface area contributed by atoms with Crippen LogP contribution in [0.15, 0.2) is 67.0 Å². The zero-order valence-electron chi connectivity index (χ0n) is 14.8. The maximum atomic E-state index is 12.1. The Balaban J connectivity index is 1.56. The standard InChI is InChI=1S/C21H18N4O2/c1-25-13-12-23-20(25)15-27-19-9-7-18(8-10-19)24-21(26)11-6-16-4-2-3-5-17(16)14-22/h2-13H,15H2,1H3,(H,24,26)/b11-6+. The summed E-state index contributed by atoms with van der Waals surface area (Å²) in [6, 6.07) is 16.3. The Bertz CT molecular complexity index is 998. The van der Waals surface area contributed by atoms with Crippen LogP contribution in [0, 0.1) is 11.3 Å². The van der Waals surface area contributed by atoms with Crippen LogP contribution < -0.4 is 10.1 Å². The van der Waals surface area contributed by atoms with Crippen LogP contribution in [-0.4, -0.2) is 15.5 Å². The molecule has 0 atom stereocenters. The van der Waals surface area contributed by atoms with Gasteiger partial charge in [0.2, 0.25) is 5.91 Å². The lowest BCUT2D eigenvalue weighted by molar-refractivity contribution is -0.111. The molecule has 0 spiro atoms. The van der Waals surface area contributed by atoms with Crippen LogP contribution in [0.3, 0.4) is 0 Å². The maximum absolute atomic E-state index is 12.1. The quantitative estimate of drug-likeness (QED) is 0.684. The second-order valence-corrected chi connectivity index (χ2v) is 5.79. The van der Waals surface area contributed by atoms with Gasteiger partial charge in [-0.2, -0.15) is 5.26 Å². The van der Waals surface area contributed by atoms with Gasteiger partial charge in [0.25, 0.3) is 0 Å². The highest BCUT2D eigenvalue weighted by Crippen LogP contribution is 2.17. The monoisotopic (exact) mass is 358 g/mol. The molecule has 0 aliphatic heterocycles. The molecule has 1 N–H and O–H groups in total. The van der Waals surface area contributed by atoms with Gasteiger partial charge in [0, 0.05) is 31.2 Å². The minimum atomic E-state index is -0.274. The van der Waals surface area contributed by atoms with Gasteiger partial charge in [0.05, 0.1) is 11.6 Å². The second-order valence-electron chi connectivity index (χ2n) is 5.79. The van der Waals surface area contributed by atoms with Gasteiger partial charge >= 0.3 is 0 Å². The number of ether oxygens (including phenoxy) is 1. The number of anilines is 1. The zero-order chi connectivity index (χ0) is 19.1. The van der Waals surface area contributed by atoms with Gasteiger partial charge in [0.15, 0.2) is 0 Å². The first kappa shape index (κ1) is 18.0. The summed E-state index contributed by atoms with van der Waals surface area (Å²) >= 11 is 0. The Morgan fingerprint density at radius 1 is 1.26 bits per heavy atom. The second kappa shape index (κ2) is 8.50. The average molecular weight is 358 g/mol. The molecule has 0 unspecified atom stereocenters. The van der Waals surface area contributed by atoms with E-state index in [9.17, 15) is 4.79 Å². The summed E-state index contributed by atoms with van der Waals surface area (Å²) < 4.78 is 7.58. The van der Waals surface area contributed by atoms with Crippen molar-refractivity contribution >= 4 is 17.7 Å². The molecular weight excluding hydrogens is 340 g/mol. The van der Waals surface area contributed by atoms with E-state index in [2.05, 4.69) is 16.4 Å². The van der Waals surface area contributed by atoms with E-state index in [4.69, 9.17) is 10.00 Å². The molecule has 1 heterocycles. The first-order chi connectivity index (χ1) is 13.2. The third kappa shape index (κ3) is 4.83. The number of nitrogens with zero attached hydrogens (tertiary/aromatic N) is 3. The van der Waals surface area contributed by atoms with Crippen LogP contribution in [0.4, 0.5) is 5.69 Å². The van der Waals surface area contributed by atoms with E-state index in [0.717, 1.165) is 5.82 Å². The fourth-order valence-electron chi connectivity index (χ4n) is 2.41. The van der Waals surface area contributed by atoms with Gasteiger partial charge in [-0.25, -0.2) is 4.98 Å². The number of aromatic nitrogens is 2. The normalized spacial score (nSPS) is 10.5. The van der Waals surface area contributed by atoms with Crippen LogP contribution >= 0.6 is 0 Å². The van der Waals surface area contributed by atoms with E-state index >= 15 is 0 Å². The van der Waals surface area contributed by atoms with Crippen molar-refractivity contribution in [3.63, 3.8) is 0 Å². The Kier molecular flexibility index (Phi) is 5.65. The Morgan fingerprint density at radius 2 is 2.04 bits per heavy atom. The van der Waals surface area contributed by atoms with Crippen molar-refractivity contribution in [3.05, 3.63) is 84.0 Å².